The van der Waals surface area contributed by atoms with Gasteiger partial charge in [-0.1, -0.05) is 0 Å². The van der Waals surface area contributed by atoms with Crippen molar-refractivity contribution in [2.24, 2.45) is 0 Å². The van der Waals surface area contributed by atoms with Crippen LogP contribution in [0.2, 0.25) is 0 Å². The molecule has 0 amide bonds. The monoisotopic (exact) mass is 279 g/mol. The van der Waals surface area contributed by atoms with Gasteiger partial charge in [0.1, 0.15) is 0 Å². The van der Waals surface area contributed by atoms with Crippen molar-refractivity contribution in [2.45, 2.75) is 13.0 Å². The number of hydrogen-bond donors (Lipinski definition) is 1. The van der Waals surface area contributed by atoms with E-state index < -0.39 is 0 Å². The lowest BCUT2D eigenvalue weighted by Crippen LogP contribution is -2.31. The average Bonchev–Trinajstić information content (AvgIpc) is 2.39. The van der Waals surface area contributed by atoms with Gasteiger partial charge in [0.25, 0.3) is 0 Å². The first kappa shape index (κ1) is 13.9. The number of nitrogen functional groups attached to an aromatic ring is 1. The van der Waals surface area contributed by atoms with Crippen LogP contribution in [-0.2, 0) is 0 Å². The fraction of sp³-hybridized carbons (Fsp3) is 0.357. The van der Waals surface area contributed by atoms with Crippen LogP contribution in [0.1, 0.15) is 6.92 Å². The number of benzene rings is 1. The predicted octanol–water partition coefficient (Wildman–Crippen LogP) is 3.14. The third-order valence-corrected chi connectivity index (χ3v) is 4.09. The van der Waals surface area contributed by atoms with Crippen LogP contribution in [0.3, 0.4) is 0 Å². The van der Waals surface area contributed by atoms with Crippen LogP contribution in [0, 0.1) is 5.82 Å². The average molecular weight is 279 g/mol. The highest BCUT2D eigenvalue weighted by molar-refractivity contribution is 7.98. The van der Waals surface area contributed by atoms with E-state index in [4.69, 9.17) is 5.73 Å². The van der Waals surface area contributed by atoms with E-state index in [0.29, 0.717) is 16.9 Å². The molecule has 0 bridgehead atoms. The zero-order valence-electron chi connectivity index (χ0n) is 11.4. The summed E-state index contributed by atoms with van der Waals surface area (Å²) < 4.78 is 14.3. The minimum atomic E-state index is -0.320. The van der Waals surface area contributed by atoms with Gasteiger partial charge in [0, 0.05) is 36.1 Å². The van der Waals surface area contributed by atoms with Gasteiger partial charge in [-0.25, -0.2) is 4.39 Å². The molecule has 0 saturated heterocycles. The van der Waals surface area contributed by atoms with Crippen LogP contribution in [-0.4, -0.2) is 30.1 Å². The molecule has 1 unspecified atom stereocenters. The number of aromatic nitrogens is 1. The minimum absolute atomic E-state index is 0.221. The van der Waals surface area contributed by atoms with Crippen LogP contribution in [0.4, 0.5) is 15.8 Å². The summed E-state index contributed by atoms with van der Waals surface area (Å²) in [6, 6.07) is 5.28. The van der Waals surface area contributed by atoms with E-state index in [2.05, 4.69) is 11.9 Å². The summed E-state index contributed by atoms with van der Waals surface area (Å²) in [5.41, 5.74) is 7.42. The molecule has 0 aliphatic heterocycles. The van der Waals surface area contributed by atoms with Gasteiger partial charge in [0.15, 0.2) is 5.82 Å². The van der Waals surface area contributed by atoms with Crippen molar-refractivity contribution in [1.82, 2.24) is 4.98 Å². The quantitative estimate of drug-likeness (QED) is 0.873. The fourth-order valence-electron chi connectivity index (χ4n) is 2.13. The third kappa shape index (κ3) is 2.61. The Hall–Kier alpha value is -1.49. The smallest absolute Gasteiger partial charge is 0.150 e. The molecule has 2 rings (SSSR count). The van der Waals surface area contributed by atoms with Crippen molar-refractivity contribution in [2.75, 3.05) is 29.7 Å². The van der Waals surface area contributed by atoms with Gasteiger partial charge in [0.2, 0.25) is 0 Å². The van der Waals surface area contributed by atoms with Gasteiger partial charge in [0.05, 0.1) is 11.2 Å². The van der Waals surface area contributed by atoms with E-state index >= 15 is 0 Å². The maximum absolute atomic E-state index is 14.3. The van der Waals surface area contributed by atoms with Gasteiger partial charge in [-0.05, 0) is 31.4 Å². The van der Waals surface area contributed by atoms with Crippen molar-refractivity contribution in [3.05, 3.63) is 30.2 Å². The van der Waals surface area contributed by atoms with E-state index in [0.717, 1.165) is 11.1 Å². The van der Waals surface area contributed by atoms with E-state index in [1.165, 1.54) is 6.07 Å². The lowest BCUT2D eigenvalue weighted by Gasteiger charge is -2.28. The molecular formula is C14H18FN3S. The van der Waals surface area contributed by atoms with Crippen molar-refractivity contribution >= 4 is 34.0 Å². The van der Waals surface area contributed by atoms with E-state index in [1.807, 2.05) is 30.3 Å². The topological polar surface area (TPSA) is 42.1 Å². The lowest BCUT2D eigenvalue weighted by atomic mass is 10.1. The number of fused-ring (bicyclic) bond motifs is 1. The molecule has 0 radical (unpaired) electrons. The Morgan fingerprint density at radius 1 is 1.53 bits per heavy atom. The second-order valence-corrected chi connectivity index (χ2v) is 5.52. The Bertz CT molecular complexity index is 588. The van der Waals surface area contributed by atoms with Crippen LogP contribution < -0.4 is 10.6 Å². The fourth-order valence-corrected chi connectivity index (χ4v) is 2.84. The molecule has 1 heterocycles. The highest BCUT2D eigenvalue weighted by Gasteiger charge is 2.19. The second kappa shape index (κ2) is 5.65. The molecule has 0 fully saturated rings. The first-order valence-corrected chi connectivity index (χ1v) is 7.50. The highest BCUT2D eigenvalue weighted by atomic mass is 32.2. The number of halogens is 1. The molecule has 1 atom stereocenters. The summed E-state index contributed by atoms with van der Waals surface area (Å²) >= 11 is 1.74. The number of hydrogen-bond acceptors (Lipinski definition) is 4. The first-order valence-electron chi connectivity index (χ1n) is 6.10. The second-order valence-electron chi connectivity index (χ2n) is 4.61. The molecule has 0 saturated carbocycles. The number of anilines is 2. The number of nitrogens with zero attached hydrogens (tertiary/aromatic N) is 2. The molecule has 3 nitrogen and oxygen atoms in total. The standard InChI is InChI=1S/C14H18FN3S/c1-9(8-19-3)18(2)14-11(15)7-12(16)10-5-4-6-17-13(10)14/h4-7,9H,8,16H2,1-3H3. The van der Waals surface area contributed by atoms with Gasteiger partial charge >= 0.3 is 0 Å². The highest BCUT2D eigenvalue weighted by Crippen LogP contribution is 2.32. The van der Waals surface area contributed by atoms with Crippen LogP contribution in [0.5, 0.6) is 0 Å². The maximum Gasteiger partial charge on any atom is 0.150 e. The van der Waals surface area contributed by atoms with E-state index in [1.54, 1.807) is 18.0 Å². The summed E-state index contributed by atoms with van der Waals surface area (Å²) in [5, 5.41) is 0.794. The number of nitrogens with two attached hydrogens (primary N) is 1. The molecule has 2 aromatic rings. The zero-order valence-corrected chi connectivity index (χ0v) is 12.2. The summed E-state index contributed by atoms with van der Waals surface area (Å²) in [6.45, 7) is 2.07. The third-order valence-electron chi connectivity index (χ3n) is 3.27. The van der Waals surface area contributed by atoms with Crippen LogP contribution >= 0.6 is 11.8 Å². The van der Waals surface area contributed by atoms with Crippen LogP contribution in [0.15, 0.2) is 24.4 Å². The molecule has 2 N–H and O–H groups in total. The van der Waals surface area contributed by atoms with Crippen molar-refractivity contribution in [3.63, 3.8) is 0 Å². The Morgan fingerprint density at radius 2 is 2.26 bits per heavy atom. The molecule has 19 heavy (non-hydrogen) atoms. The summed E-state index contributed by atoms with van der Waals surface area (Å²) in [6.07, 6.45) is 3.71. The normalized spacial score (nSPS) is 12.6. The molecule has 102 valence electrons. The van der Waals surface area contributed by atoms with Crippen molar-refractivity contribution in [1.29, 1.82) is 0 Å². The largest absolute Gasteiger partial charge is 0.398 e. The Morgan fingerprint density at radius 3 is 2.95 bits per heavy atom. The molecular weight excluding hydrogens is 261 g/mol. The van der Waals surface area contributed by atoms with Gasteiger partial charge < -0.3 is 10.6 Å². The molecule has 0 spiro atoms. The molecule has 0 aliphatic rings. The maximum atomic E-state index is 14.3. The van der Waals surface area contributed by atoms with Crippen molar-refractivity contribution < 1.29 is 4.39 Å². The minimum Gasteiger partial charge on any atom is -0.398 e. The Balaban J connectivity index is 2.59. The molecule has 1 aromatic heterocycles. The number of pyridine rings is 1. The van der Waals surface area contributed by atoms with Gasteiger partial charge in [-0.15, -0.1) is 0 Å². The Labute approximate surface area is 117 Å². The zero-order chi connectivity index (χ0) is 14.0. The lowest BCUT2D eigenvalue weighted by molar-refractivity contribution is 0.617. The van der Waals surface area contributed by atoms with E-state index in [-0.39, 0.29) is 11.9 Å². The van der Waals surface area contributed by atoms with Crippen molar-refractivity contribution in [3.8, 4) is 0 Å². The number of thioether (sulfide) groups is 1. The van der Waals surface area contributed by atoms with Gasteiger partial charge in [-0.2, -0.15) is 11.8 Å². The van der Waals surface area contributed by atoms with Gasteiger partial charge in [-0.3, -0.25) is 4.98 Å². The molecule has 0 aliphatic carbocycles. The summed E-state index contributed by atoms with van der Waals surface area (Å²) in [4.78, 5) is 6.23. The Kier molecular flexibility index (Phi) is 4.14. The number of rotatable bonds is 4. The predicted molar refractivity (Wildman–Crippen MR) is 82.4 cm³/mol. The van der Waals surface area contributed by atoms with Crippen LogP contribution in [0.25, 0.3) is 10.9 Å². The summed E-state index contributed by atoms with van der Waals surface area (Å²) in [5.74, 6) is 0.605. The summed E-state index contributed by atoms with van der Waals surface area (Å²) in [7, 11) is 1.89. The SMILES string of the molecule is CSCC(C)N(C)c1c(F)cc(N)c2cccnc12. The molecule has 1 aromatic carbocycles. The molecule has 5 heteroatoms. The van der Waals surface area contributed by atoms with E-state index in [9.17, 15) is 4.39 Å². The first-order chi connectivity index (χ1) is 9.06.